The van der Waals surface area contributed by atoms with Crippen molar-refractivity contribution >= 4 is 23.4 Å². The number of rotatable bonds is 6. The van der Waals surface area contributed by atoms with E-state index in [0.29, 0.717) is 31.6 Å². The monoisotopic (exact) mass is 411 g/mol. The molecule has 4 unspecified atom stereocenters. The SMILES string of the molecule is O=C(COc1ccc(Cl)c(F)c1)NC1C[C@H](NC(=O)C2COCN2)C2CCC12. The van der Waals surface area contributed by atoms with Crippen LogP contribution < -0.4 is 20.7 Å². The summed E-state index contributed by atoms with van der Waals surface area (Å²) in [6.07, 6.45) is 2.79. The quantitative estimate of drug-likeness (QED) is 0.654. The van der Waals surface area contributed by atoms with Gasteiger partial charge < -0.3 is 20.1 Å². The maximum Gasteiger partial charge on any atom is 0.258 e. The van der Waals surface area contributed by atoms with Gasteiger partial charge in [0.05, 0.1) is 18.4 Å². The van der Waals surface area contributed by atoms with Crippen molar-refractivity contribution in [1.82, 2.24) is 16.0 Å². The minimum atomic E-state index is -0.589. The summed E-state index contributed by atoms with van der Waals surface area (Å²) in [5, 5.41) is 9.12. The third kappa shape index (κ3) is 4.09. The van der Waals surface area contributed by atoms with E-state index in [-0.39, 0.29) is 47.3 Å². The van der Waals surface area contributed by atoms with Gasteiger partial charge in [-0.25, -0.2) is 4.39 Å². The Morgan fingerprint density at radius 2 is 2.00 bits per heavy atom. The fourth-order valence-electron chi connectivity index (χ4n) is 4.32. The van der Waals surface area contributed by atoms with Gasteiger partial charge in [0.2, 0.25) is 5.91 Å². The van der Waals surface area contributed by atoms with Crippen LogP contribution in [0.5, 0.6) is 5.75 Å². The average Bonchev–Trinajstić information content (AvgIpc) is 3.23. The second kappa shape index (κ2) is 8.23. The van der Waals surface area contributed by atoms with E-state index in [1.807, 2.05) is 0 Å². The van der Waals surface area contributed by atoms with Crippen LogP contribution in [0, 0.1) is 17.7 Å². The third-order valence-corrected chi connectivity index (χ3v) is 6.20. The zero-order valence-electron chi connectivity index (χ0n) is 15.3. The Morgan fingerprint density at radius 3 is 2.64 bits per heavy atom. The van der Waals surface area contributed by atoms with Crippen LogP contribution in [-0.4, -0.2) is 49.9 Å². The van der Waals surface area contributed by atoms with E-state index in [1.54, 1.807) is 0 Å². The maximum atomic E-state index is 13.4. The molecule has 1 saturated heterocycles. The number of nitrogens with one attached hydrogen (secondary N) is 3. The average molecular weight is 412 g/mol. The van der Waals surface area contributed by atoms with Gasteiger partial charge in [-0.05, 0) is 43.2 Å². The Labute approximate surface area is 167 Å². The minimum Gasteiger partial charge on any atom is -0.484 e. The van der Waals surface area contributed by atoms with Crippen LogP contribution in [0.1, 0.15) is 19.3 Å². The highest BCUT2D eigenvalue weighted by Gasteiger charge is 2.49. The Hall–Kier alpha value is -1.90. The van der Waals surface area contributed by atoms with Gasteiger partial charge in [0.15, 0.2) is 6.61 Å². The van der Waals surface area contributed by atoms with Crippen molar-refractivity contribution in [3.63, 3.8) is 0 Å². The van der Waals surface area contributed by atoms with E-state index in [0.717, 1.165) is 18.9 Å². The normalized spacial score (nSPS) is 31.0. The van der Waals surface area contributed by atoms with Gasteiger partial charge in [-0.2, -0.15) is 0 Å². The highest BCUT2D eigenvalue weighted by Crippen LogP contribution is 2.47. The summed E-state index contributed by atoms with van der Waals surface area (Å²) in [7, 11) is 0. The first-order chi connectivity index (χ1) is 13.5. The number of carbonyl (C=O) groups is 2. The largest absolute Gasteiger partial charge is 0.484 e. The lowest BCUT2D eigenvalue weighted by molar-refractivity contribution is -0.125. The van der Waals surface area contributed by atoms with E-state index < -0.39 is 5.82 Å². The summed E-state index contributed by atoms with van der Waals surface area (Å²) >= 11 is 5.63. The Balaban J connectivity index is 1.26. The van der Waals surface area contributed by atoms with Crippen molar-refractivity contribution in [3.8, 4) is 5.75 Å². The summed E-state index contributed by atoms with van der Waals surface area (Å²) < 4.78 is 24.0. The minimum absolute atomic E-state index is 0.00578. The number of amides is 2. The summed E-state index contributed by atoms with van der Waals surface area (Å²) in [6.45, 7) is 0.579. The summed E-state index contributed by atoms with van der Waals surface area (Å²) in [5.41, 5.74) is 0. The van der Waals surface area contributed by atoms with Gasteiger partial charge in [-0.1, -0.05) is 11.6 Å². The van der Waals surface area contributed by atoms with Crippen LogP contribution in [0.2, 0.25) is 5.02 Å². The van der Waals surface area contributed by atoms with E-state index >= 15 is 0 Å². The van der Waals surface area contributed by atoms with Gasteiger partial charge in [0, 0.05) is 18.2 Å². The molecule has 28 heavy (non-hydrogen) atoms. The zero-order chi connectivity index (χ0) is 19.7. The molecule has 1 aromatic carbocycles. The number of hydrogen-bond donors (Lipinski definition) is 3. The molecule has 0 aromatic heterocycles. The predicted octanol–water partition coefficient (Wildman–Crippen LogP) is 1.20. The van der Waals surface area contributed by atoms with Crippen molar-refractivity contribution in [2.45, 2.75) is 37.4 Å². The molecule has 3 aliphatic rings. The van der Waals surface area contributed by atoms with Gasteiger partial charge >= 0.3 is 0 Å². The van der Waals surface area contributed by atoms with E-state index in [4.69, 9.17) is 21.1 Å². The topological polar surface area (TPSA) is 88.7 Å². The standard InChI is InChI=1S/C19H23ClFN3O4/c20-13-4-1-10(5-14(13)21)28-8-18(25)23-15-6-16(12-3-2-11(12)15)24-19(26)17-7-27-9-22-17/h1,4-5,11-12,15-17,22H,2-3,6-9H2,(H,23,25)(H,24,26)/t11?,12?,15?,16-,17?/m0/s1. The highest BCUT2D eigenvalue weighted by molar-refractivity contribution is 6.30. The first-order valence-electron chi connectivity index (χ1n) is 9.50. The lowest BCUT2D eigenvalue weighted by Gasteiger charge is -2.36. The molecule has 4 rings (SSSR count). The molecule has 152 valence electrons. The third-order valence-electron chi connectivity index (χ3n) is 5.89. The van der Waals surface area contributed by atoms with Crippen molar-refractivity contribution in [3.05, 3.63) is 29.0 Å². The molecule has 7 nitrogen and oxygen atoms in total. The smallest absolute Gasteiger partial charge is 0.258 e. The van der Waals surface area contributed by atoms with Gasteiger partial charge in [0.25, 0.3) is 5.91 Å². The fraction of sp³-hybridized carbons (Fsp3) is 0.579. The van der Waals surface area contributed by atoms with Crippen LogP contribution in [-0.2, 0) is 14.3 Å². The molecule has 5 atom stereocenters. The molecule has 1 heterocycles. The Bertz CT molecular complexity index is 759. The van der Waals surface area contributed by atoms with Crippen molar-refractivity contribution in [2.24, 2.45) is 11.8 Å². The van der Waals surface area contributed by atoms with E-state index in [1.165, 1.54) is 12.1 Å². The number of fused-ring (bicyclic) bond motifs is 1. The highest BCUT2D eigenvalue weighted by atomic mass is 35.5. The number of ether oxygens (including phenoxy) is 2. The van der Waals surface area contributed by atoms with Gasteiger partial charge in [-0.3, -0.25) is 14.9 Å². The van der Waals surface area contributed by atoms with Gasteiger partial charge in [0.1, 0.15) is 17.6 Å². The molecule has 1 aliphatic heterocycles. The van der Waals surface area contributed by atoms with Crippen LogP contribution in [0.25, 0.3) is 0 Å². The molecule has 3 N–H and O–H groups in total. The molecule has 9 heteroatoms. The molecule has 3 fully saturated rings. The molecule has 2 amide bonds. The van der Waals surface area contributed by atoms with Crippen LogP contribution in [0.15, 0.2) is 18.2 Å². The number of hydrogen-bond acceptors (Lipinski definition) is 5. The van der Waals surface area contributed by atoms with E-state index in [2.05, 4.69) is 16.0 Å². The predicted molar refractivity (Wildman–Crippen MR) is 99.3 cm³/mol. The molecular weight excluding hydrogens is 389 g/mol. The lowest BCUT2D eigenvalue weighted by atomic mass is 9.73. The number of carbonyl (C=O) groups excluding carboxylic acids is 2. The van der Waals surface area contributed by atoms with Crippen molar-refractivity contribution in [2.75, 3.05) is 19.9 Å². The molecule has 0 radical (unpaired) electrons. The van der Waals surface area contributed by atoms with Gasteiger partial charge in [-0.15, -0.1) is 0 Å². The lowest BCUT2D eigenvalue weighted by Crippen LogP contribution is -2.49. The molecule has 2 aliphatic carbocycles. The number of benzene rings is 1. The summed E-state index contributed by atoms with van der Waals surface area (Å²) in [5.74, 6) is 0.116. The summed E-state index contributed by atoms with van der Waals surface area (Å²) in [6, 6.07) is 3.82. The molecule has 2 saturated carbocycles. The second-order valence-corrected chi connectivity index (χ2v) is 7.97. The maximum absolute atomic E-state index is 13.4. The van der Waals surface area contributed by atoms with Crippen LogP contribution in [0.4, 0.5) is 4.39 Å². The second-order valence-electron chi connectivity index (χ2n) is 7.57. The van der Waals surface area contributed by atoms with E-state index in [9.17, 15) is 14.0 Å². The molecule has 1 aromatic rings. The first kappa shape index (κ1) is 19.4. The van der Waals surface area contributed by atoms with Crippen LogP contribution >= 0.6 is 11.6 Å². The van der Waals surface area contributed by atoms with Crippen LogP contribution in [0.3, 0.4) is 0 Å². The first-order valence-corrected chi connectivity index (χ1v) is 9.88. The van der Waals surface area contributed by atoms with Crippen molar-refractivity contribution < 1.29 is 23.5 Å². The Kier molecular flexibility index (Phi) is 5.70. The Morgan fingerprint density at radius 1 is 1.25 bits per heavy atom. The zero-order valence-corrected chi connectivity index (χ0v) is 16.0. The van der Waals surface area contributed by atoms with Crippen molar-refractivity contribution in [1.29, 1.82) is 0 Å². The summed E-state index contributed by atoms with van der Waals surface area (Å²) in [4.78, 5) is 24.6. The molecule has 0 bridgehead atoms. The molecular formula is C19H23ClFN3O4. The fourth-order valence-corrected chi connectivity index (χ4v) is 4.43. The molecule has 0 spiro atoms. The number of halogens is 2.